The molecule has 1 aromatic carbocycles. The fraction of sp³-hybridized carbons (Fsp3) is 0.364. The van der Waals surface area contributed by atoms with Gasteiger partial charge in [-0.1, -0.05) is 0 Å². The first-order valence-corrected chi connectivity index (χ1v) is 9.87. The fourth-order valence-electron chi connectivity index (χ4n) is 3.73. The van der Waals surface area contributed by atoms with Crippen LogP contribution in [0.25, 0.3) is 11.3 Å². The summed E-state index contributed by atoms with van der Waals surface area (Å²) >= 11 is 0. The van der Waals surface area contributed by atoms with Gasteiger partial charge in [0.15, 0.2) is 0 Å². The number of carbonyl (C=O) groups is 1. The van der Waals surface area contributed by atoms with Gasteiger partial charge < -0.3 is 10.1 Å². The molecular weight excluding hydrogens is 385 g/mol. The monoisotopic (exact) mass is 409 g/mol. The molecule has 0 saturated heterocycles. The van der Waals surface area contributed by atoms with Crippen LogP contribution in [0.4, 0.5) is 4.39 Å². The molecule has 0 fully saturated rings. The van der Waals surface area contributed by atoms with Gasteiger partial charge in [0.05, 0.1) is 29.3 Å². The molecule has 0 radical (unpaired) electrons. The Morgan fingerprint density at radius 2 is 2.03 bits per heavy atom. The third-order valence-electron chi connectivity index (χ3n) is 5.12. The molecule has 4 rings (SSSR count). The van der Waals surface area contributed by atoms with Crippen LogP contribution in [0.1, 0.15) is 28.3 Å². The van der Waals surface area contributed by atoms with Crippen LogP contribution in [0.3, 0.4) is 0 Å². The summed E-state index contributed by atoms with van der Waals surface area (Å²) in [4.78, 5) is 21.2. The minimum absolute atomic E-state index is 0.146. The van der Waals surface area contributed by atoms with Crippen LogP contribution in [0.5, 0.6) is 5.75 Å². The van der Waals surface area contributed by atoms with Crippen molar-refractivity contribution in [3.63, 3.8) is 0 Å². The van der Waals surface area contributed by atoms with Crippen LogP contribution in [0, 0.1) is 33.5 Å². The highest BCUT2D eigenvalue weighted by atomic mass is 19.1. The molecule has 2 aromatic heterocycles. The van der Waals surface area contributed by atoms with Crippen molar-refractivity contribution < 1.29 is 13.9 Å². The number of hydrogen-bond donors (Lipinski definition) is 1. The molecule has 156 valence electrons. The van der Waals surface area contributed by atoms with Crippen molar-refractivity contribution in [2.24, 2.45) is 0 Å². The molecule has 1 amide bonds. The SMILES string of the molecule is Cc1cnc(C)c(-c2cc(F)cc3c2O[C@H](CNC(=O)Cn2nc(C)cc2C)C3)n1. The predicted molar refractivity (Wildman–Crippen MR) is 110 cm³/mol. The van der Waals surface area contributed by atoms with E-state index in [-0.39, 0.29) is 24.4 Å². The summed E-state index contributed by atoms with van der Waals surface area (Å²) in [6, 6.07) is 4.84. The van der Waals surface area contributed by atoms with E-state index < -0.39 is 0 Å². The van der Waals surface area contributed by atoms with Crippen molar-refractivity contribution in [3.8, 4) is 17.0 Å². The molecule has 1 atom stereocenters. The van der Waals surface area contributed by atoms with Crippen molar-refractivity contribution in [1.82, 2.24) is 25.1 Å². The Balaban J connectivity index is 1.47. The second-order valence-corrected chi connectivity index (χ2v) is 7.72. The van der Waals surface area contributed by atoms with Gasteiger partial charge in [0.1, 0.15) is 24.2 Å². The van der Waals surface area contributed by atoms with Crippen LogP contribution < -0.4 is 10.1 Å². The third kappa shape index (κ3) is 4.03. The zero-order chi connectivity index (χ0) is 21.4. The van der Waals surface area contributed by atoms with Crippen LogP contribution in [0.15, 0.2) is 24.4 Å². The first-order valence-electron chi connectivity index (χ1n) is 9.87. The van der Waals surface area contributed by atoms with Gasteiger partial charge in [0, 0.05) is 29.4 Å². The van der Waals surface area contributed by atoms with Crippen LogP contribution in [-0.2, 0) is 17.8 Å². The van der Waals surface area contributed by atoms with E-state index in [4.69, 9.17) is 4.74 Å². The maximum atomic E-state index is 14.3. The zero-order valence-electron chi connectivity index (χ0n) is 17.5. The van der Waals surface area contributed by atoms with Gasteiger partial charge in [-0.25, -0.2) is 9.37 Å². The second kappa shape index (κ2) is 7.85. The number of aryl methyl sites for hydroxylation is 4. The number of aromatic nitrogens is 4. The van der Waals surface area contributed by atoms with E-state index in [0.717, 1.165) is 22.6 Å². The molecule has 1 aliphatic heterocycles. The third-order valence-corrected chi connectivity index (χ3v) is 5.12. The number of nitrogens with one attached hydrogen (secondary N) is 1. The smallest absolute Gasteiger partial charge is 0.241 e. The lowest BCUT2D eigenvalue weighted by Crippen LogP contribution is -2.36. The number of hydrogen-bond acceptors (Lipinski definition) is 5. The number of rotatable bonds is 5. The molecule has 1 aliphatic rings. The number of fused-ring (bicyclic) bond motifs is 1. The summed E-state index contributed by atoms with van der Waals surface area (Å²) in [6.45, 7) is 7.96. The van der Waals surface area contributed by atoms with Crippen molar-refractivity contribution in [3.05, 3.63) is 58.6 Å². The number of halogens is 1. The lowest BCUT2D eigenvalue weighted by Gasteiger charge is -2.14. The Hall–Kier alpha value is -3.29. The standard InChI is InChI=1S/C22H24FN5O2/c1-12-5-14(3)28(27-12)11-20(29)25-10-18-7-16-6-17(23)8-19(22(16)30-18)21-15(4)24-9-13(2)26-21/h5-6,8-9,18H,7,10-11H2,1-4H3,(H,25,29)/t18-/m0/s1. The van der Waals surface area contributed by atoms with E-state index in [1.165, 1.54) is 12.1 Å². The van der Waals surface area contributed by atoms with E-state index in [2.05, 4.69) is 20.4 Å². The van der Waals surface area contributed by atoms with Gasteiger partial charge in [-0.05, 0) is 45.9 Å². The number of benzene rings is 1. The normalized spacial score (nSPS) is 15.0. The molecule has 3 aromatic rings. The second-order valence-electron chi connectivity index (χ2n) is 7.72. The molecule has 8 heteroatoms. The van der Waals surface area contributed by atoms with Gasteiger partial charge in [-0.15, -0.1) is 0 Å². The first kappa shape index (κ1) is 20.0. The Bertz CT molecular complexity index is 1120. The first-order chi connectivity index (χ1) is 14.3. The molecule has 30 heavy (non-hydrogen) atoms. The molecule has 0 spiro atoms. The molecule has 3 heterocycles. The molecule has 0 aliphatic carbocycles. The lowest BCUT2D eigenvalue weighted by molar-refractivity contribution is -0.122. The molecular formula is C22H24FN5O2. The quantitative estimate of drug-likeness (QED) is 0.701. The summed E-state index contributed by atoms with van der Waals surface area (Å²) in [7, 11) is 0. The minimum Gasteiger partial charge on any atom is -0.487 e. The topological polar surface area (TPSA) is 81.9 Å². The summed E-state index contributed by atoms with van der Waals surface area (Å²) in [5.74, 6) is 0.119. The van der Waals surface area contributed by atoms with Gasteiger partial charge in [0.25, 0.3) is 0 Å². The zero-order valence-corrected chi connectivity index (χ0v) is 17.5. The van der Waals surface area contributed by atoms with Crippen molar-refractivity contribution in [2.45, 2.75) is 46.8 Å². The van der Waals surface area contributed by atoms with Crippen molar-refractivity contribution >= 4 is 5.91 Å². The summed E-state index contributed by atoms with van der Waals surface area (Å²) in [5.41, 5.74) is 5.24. The highest BCUT2D eigenvalue weighted by Gasteiger charge is 2.28. The lowest BCUT2D eigenvalue weighted by atomic mass is 10.0. The van der Waals surface area contributed by atoms with Crippen molar-refractivity contribution in [1.29, 1.82) is 0 Å². The highest BCUT2D eigenvalue weighted by Crippen LogP contribution is 2.39. The average Bonchev–Trinajstić information content (AvgIpc) is 3.23. The maximum Gasteiger partial charge on any atom is 0.241 e. The molecule has 1 N–H and O–H groups in total. The average molecular weight is 409 g/mol. The molecule has 0 bridgehead atoms. The van der Waals surface area contributed by atoms with Crippen LogP contribution in [0.2, 0.25) is 0 Å². The fourth-order valence-corrected chi connectivity index (χ4v) is 3.73. The Morgan fingerprint density at radius 3 is 2.77 bits per heavy atom. The Kier molecular flexibility index (Phi) is 5.24. The number of ether oxygens (including phenoxy) is 1. The van der Waals surface area contributed by atoms with E-state index in [0.29, 0.717) is 35.7 Å². The van der Waals surface area contributed by atoms with Gasteiger partial charge >= 0.3 is 0 Å². The Labute approximate surface area is 174 Å². The van der Waals surface area contributed by atoms with E-state index in [1.807, 2.05) is 33.8 Å². The maximum absolute atomic E-state index is 14.3. The molecule has 0 saturated carbocycles. The van der Waals surface area contributed by atoms with Crippen molar-refractivity contribution in [2.75, 3.05) is 6.54 Å². The number of amides is 1. The van der Waals surface area contributed by atoms with Gasteiger partial charge in [0.2, 0.25) is 5.91 Å². The number of carbonyl (C=O) groups excluding carboxylic acids is 1. The predicted octanol–water partition coefficient (Wildman–Crippen LogP) is 2.83. The molecule has 7 nitrogen and oxygen atoms in total. The number of nitrogens with zero attached hydrogens (tertiary/aromatic N) is 4. The van der Waals surface area contributed by atoms with E-state index >= 15 is 0 Å². The van der Waals surface area contributed by atoms with Crippen LogP contribution >= 0.6 is 0 Å². The van der Waals surface area contributed by atoms with Gasteiger partial charge in [-0.2, -0.15) is 5.10 Å². The van der Waals surface area contributed by atoms with E-state index in [1.54, 1.807) is 10.9 Å². The van der Waals surface area contributed by atoms with E-state index in [9.17, 15) is 9.18 Å². The molecule has 0 unspecified atom stereocenters. The summed E-state index contributed by atoms with van der Waals surface area (Å²) < 4.78 is 22.0. The van der Waals surface area contributed by atoms with Crippen LogP contribution in [-0.4, -0.2) is 38.3 Å². The largest absolute Gasteiger partial charge is 0.487 e. The minimum atomic E-state index is -0.343. The summed E-state index contributed by atoms with van der Waals surface area (Å²) in [6.07, 6.45) is 1.92. The highest BCUT2D eigenvalue weighted by molar-refractivity contribution is 5.76. The van der Waals surface area contributed by atoms with Gasteiger partial charge in [-0.3, -0.25) is 14.5 Å². The Morgan fingerprint density at radius 1 is 1.23 bits per heavy atom. The summed E-state index contributed by atoms with van der Waals surface area (Å²) in [5, 5.41) is 7.19.